The monoisotopic (exact) mass is 316 g/mol. The number of ether oxygens (including phenoxy) is 3. The number of hydrogen-bond acceptors (Lipinski definition) is 7. The number of rotatable bonds is 4. The highest BCUT2D eigenvalue weighted by Gasteiger charge is 2.16. The molecule has 7 nitrogen and oxygen atoms in total. The summed E-state index contributed by atoms with van der Waals surface area (Å²) < 4.78 is 14.6. The maximum atomic E-state index is 11.7. The molecule has 2 heterocycles. The average Bonchev–Trinajstić information content (AvgIpc) is 2.59. The minimum atomic E-state index is -0.559. The van der Waals surface area contributed by atoms with Crippen molar-refractivity contribution in [1.29, 1.82) is 0 Å². The molecule has 0 radical (unpaired) electrons. The van der Waals surface area contributed by atoms with Gasteiger partial charge in [0.2, 0.25) is 5.88 Å². The minimum Gasteiger partial charge on any atom is -0.481 e. The first-order valence-electron chi connectivity index (χ1n) is 6.71. The van der Waals surface area contributed by atoms with Gasteiger partial charge in [-0.15, -0.1) is 0 Å². The van der Waals surface area contributed by atoms with E-state index in [0.29, 0.717) is 16.8 Å². The molecule has 0 amide bonds. The van der Waals surface area contributed by atoms with Gasteiger partial charge < -0.3 is 14.2 Å². The third-order valence-corrected chi connectivity index (χ3v) is 3.11. The number of aromatic nitrogens is 2. The van der Waals surface area contributed by atoms with E-state index < -0.39 is 11.9 Å². The molecule has 0 aliphatic carbocycles. The predicted octanol–water partition coefficient (Wildman–Crippen LogP) is 2.03. The van der Waals surface area contributed by atoms with Crippen LogP contribution in [0.25, 0.3) is 11.1 Å². The zero-order valence-electron chi connectivity index (χ0n) is 13.2. The van der Waals surface area contributed by atoms with Gasteiger partial charge in [0, 0.05) is 11.3 Å². The highest BCUT2D eigenvalue weighted by molar-refractivity contribution is 5.90. The fraction of sp³-hybridized carbons (Fsp3) is 0.250. The standard InChI is InChI=1S/C16H16N2O5/c1-9-7-10(8-13(17-9)16(20)23-4)11-5-6-12(15(19)22-3)18-14(11)21-2/h5-8H,1-4H3. The summed E-state index contributed by atoms with van der Waals surface area (Å²) in [5.74, 6) is -0.849. The van der Waals surface area contributed by atoms with Crippen LogP contribution in [-0.2, 0) is 9.47 Å². The van der Waals surface area contributed by atoms with Gasteiger partial charge in [0.1, 0.15) is 5.69 Å². The van der Waals surface area contributed by atoms with Gasteiger partial charge in [-0.1, -0.05) is 0 Å². The van der Waals surface area contributed by atoms with E-state index >= 15 is 0 Å². The first-order chi connectivity index (χ1) is 11.0. The lowest BCUT2D eigenvalue weighted by molar-refractivity contribution is 0.0585. The number of methoxy groups -OCH3 is 3. The summed E-state index contributed by atoms with van der Waals surface area (Å²) >= 11 is 0. The topological polar surface area (TPSA) is 87.6 Å². The Labute approximate surface area is 133 Å². The molecular formula is C16H16N2O5. The Balaban J connectivity index is 2.55. The second kappa shape index (κ2) is 6.87. The number of carbonyl (C=O) groups excluding carboxylic acids is 2. The Kier molecular flexibility index (Phi) is 4.90. The summed E-state index contributed by atoms with van der Waals surface area (Å²) in [6.45, 7) is 1.76. The summed E-state index contributed by atoms with van der Waals surface area (Å²) in [5.41, 5.74) is 2.25. The fourth-order valence-electron chi connectivity index (χ4n) is 2.07. The van der Waals surface area contributed by atoms with Crippen molar-refractivity contribution in [1.82, 2.24) is 9.97 Å². The minimum absolute atomic E-state index is 0.132. The SMILES string of the molecule is COC(=O)c1cc(-c2ccc(C(=O)OC)nc2OC)cc(C)n1. The van der Waals surface area contributed by atoms with E-state index in [-0.39, 0.29) is 17.3 Å². The van der Waals surface area contributed by atoms with Crippen molar-refractivity contribution in [2.24, 2.45) is 0 Å². The lowest BCUT2D eigenvalue weighted by atomic mass is 10.1. The summed E-state index contributed by atoms with van der Waals surface area (Å²) in [5, 5.41) is 0. The Morgan fingerprint density at radius 1 is 0.913 bits per heavy atom. The van der Waals surface area contributed by atoms with Crippen LogP contribution in [0.15, 0.2) is 24.3 Å². The van der Waals surface area contributed by atoms with Gasteiger partial charge in [0.05, 0.1) is 21.3 Å². The molecule has 0 bridgehead atoms. The molecule has 2 aromatic rings. The van der Waals surface area contributed by atoms with Crippen molar-refractivity contribution in [2.45, 2.75) is 6.92 Å². The number of hydrogen-bond donors (Lipinski definition) is 0. The van der Waals surface area contributed by atoms with Crippen LogP contribution in [-0.4, -0.2) is 43.2 Å². The highest BCUT2D eigenvalue weighted by atomic mass is 16.5. The molecule has 0 atom stereocenters. The van der Waals surface area contributed by atoms with Gasteiger partial charge in [0.15, 0.2) is 5.69 Å². The van der Waals surface area contributed by atoms with Crippen molar-refractivity contribution in [3.8, 4) is 17.0 Å². The number of nitrogens with zero attached hydrogens (tertiary/aromatic N) is 2. The highest BCUT2D eigenvalue weighted by Crippen LogP contribution is 2.29. The van der Waals surface area contributed by atoms with Gasteiger partial charge in [-0.05, 0) is 36.8 Å². The van der Waals surface area contributed by atoms with E-state index in [1.165, 1.54) is 27.4 Å². The summed E-state index contributed by atoms with van der Waals surface area (Å²) in [7, 11) is 4.01. The number of pyridine rings is 2. The molecule has 0 unspecified atom stereocenters. The van der Waals surface area contributed by atoms with E-state index in [0.717, 1.165) is 0 Å². The van der Waals surface area contributed by atoms with Crippen LogP contribution in [0.1, 0.15) is 26.7 Å². The normalized spacial score (nSPS) is 10.1. The van der Waals surface area contributed by atoms with E-state index in [4.69, 9.17) is 9.47 Å². The lowest BCUT2D eigenvalue weighted by Crippen LogP contribution is -2.07. The van der Waals surface area contributed by atoms with E-state index in [9.17, 15) is 9.59 Å². The Hall–Kier alpha value is -2.96. The van der Waals surface area contributed by atoms with Crippen molar-refractivity contribution in [3.63, 3.8) is 0 Å². The molecule has 7 heteroatoms. The van der Waals surface area contributed by atoms with Crippen LogP contribution < -0.4 is 4.74 Å². The molecule has 23 heavy (non-hydrogen) atoms. The fourth-order valence-corrected chi connectivity index (χ4v) is 2.07. The average molecular weight is 316 g/mol. The first kappa shape index (κ1) is 16.4. The zero-order valence-corrected chi connectivity index (χ0v) is 13.2. The maximum absolute atomic E-state index is 11.7. The molecule has 0 saturated heterocycles. The molecule has 0 saturated carbocycles. The van der Waals surface area contributed by atoms with E-state index in [1.807, 2.05) is 0 Å². The van der Waals surface area contributed by atoms with Crippen LogP contribution in [0.4, 0.5) is 0 Å². The van der Waals surface area contributed by atoms with Crippen LogP contribution in [0.2, 0.25) is 0 Å². The lowest BCUT2D eigenvalue weighted by Gasteiger charge is -2.10. The molecule has 2 aromatic heterocycles. The van der Waals surface area contributed by atoms with E-state index in [1.54, 1.807) is 25.1 Å². The van der Waals surface area contributed by atoms with Crippen molar-refractivity contribution < 1.29 is 23.8 Å². The third-order valence-electron chi connectivity index (χ3n) is 3.11. The summed E-state index contributed by atoms with van der Waals surface area (Å²) in [6.07, 6.45) is 0. The van der Waals surface area contributed by atoms with Gasteiger partial charge in [-0.2, -0.15) is 0 Å². The summed E-state index contributed by atoms with van der Waals surface area (Å²) in [6, 6.07) is 6.56. The molecule has 0 fully saturated rings. The second-order valence-electron chi connectivity index (χ2n) is 4.62. The Bertz CT molecular complexity index is 758. The molecule has 2 rings (SSSR count). The quantitative estimate of drug-likeness (QED) is 0.797. The van der Waals surface area contributed by atoms with Crippen LogP contribution >= 0.6 is 0 Å². The zero-order chi connectivity index (χ0) is 17.0. The van der Waals surface area contributed by atoms with Crippen molar-refractivity contribution in [2.75, 3.05) is 21.3 Å². The summed E-state index contributed by atoms with van der Waals surface area (Å²) in [4.78, 5) is 31.5. The first-order valence-corrected chi connectivity index (χ1v) is 6.71. The maximum Gasteiger partial charge on any atom is 0.356 e. The number of carbonyl (C=O) groups is 2. The molecular weight excluding hydrogens is 300 g/mol. The molecule has 0 aromatic carbocycles. The Morgan fingerprint density at radius 3 is 2.17 bits per heavy atom. The molecule has 0 aliphatic rings. The number of esters is 2. The van der Waals surface area contributed by atoms with E-state index in [2.05, 4.69) is 14.7 Å². The molecule has 0 aliphatic heterocycles. The van der Waals surface area contributed by atoms with Crippen LogP contribution in [0, 0.1) is 6.92 Å². The van der Waals surface area contributed by atoms with Gasteiger partial charge in [0.25, 0.3) is 0 Å². The van der Waals surface area contributed by atoms with Crippen molar-refractivity contribution >= 4 is 11.9 Å². The van der Waals surface area contributed by atoms with Gasteiger partial charge >= 0.3 is 11.9 Å². The number of aryl methyl sites for hydroxylation is 1. The molecule has 0 spiro atoms. The van der Waals surface area contributed by atoms with Gasteiger partial charge in [-0.25, -0.2) is 19.6 Å². The largest absolute Gasteiger partial charge is 0.481 e. The predicted molar refractivity (Wildman–Crippen MR) is 81.4 cm³/mol. The van der Waals surface area contributed by atoms with Crippen LogP contribution in [0.3, 0.4) is 0 Å². The third kappa shape index (κ3) is 3.45. The van der Waals surface area contributed by atoms with Crippen molar-refractivity contribution in [3.05, 3.63) is 41.3 Å². The smallest absolute Gasteiger partial charge is 0.356 e. The van der Waals surface area contributed by atoms with Crippen LogP contribution in [0.5, 0.6) is 5.88 Å². The van der Waals surface area contributed by atoms with Gasteiger partial charge in [-0.3, -0.25) is 0 Å². The molecule has 0 N–H and O–H groups in total. The second-order valence-corrected chi connectivity index (χ2v) is 4.62. The molecule has 120 valence electrons. The Morgan fingerprint density at radius 2 is 1.57 bits per heavy atom.